The summed E-state index contributed by atoms with van der Waals surface area (Å²) in [5.74, 6) is -0.351. The van der Waals surface area contributed by atoms with Crippen LogP contribution >= 0.6 is 11.8 Å². The third-order valence-electron chi connectivity index (χ3n) is 2.13. The van der Waals surface area contributed by atoms with Crippen LogP contribution in [0.3, 0.4) is 0 Å². The van der Waals surface area contributed by atoms with E-state index >= 15 is 0 Å². The van der Waals surface area contributed by atoms with E-state index in [0.29, 0.717) is 11.5 Å². The van der Waals surface area contributed by atoms with Crippen LogP contribution in [-0.2, 0) is 22.4 Å². The maximum Gasteiger partial charge on any atom is 0.327 e. The molecular weight excluding hydrogens is 242 g/mol. The van der Waals surface area contributed by atoms with Gasteiger partial charge in [-0.25, -0.2) is 9.78 Å². The van der Waals surface area contributed by atoms with Crippen molar-refractivity contribution in [2.45, 2.75) is 18.7 Å². The number of carboxylic acids is 1. The minimum absolute atomic E-state index is 0.333. The number of nitrogens with one attached hydrogen (secondary N) is 1. The zero-order valence-electron chi connectivity index (χ0n) is 9.71. The van der Waals surface area contributed by atoms with Crippen LogP contribution in [0.25, 0.3) is 0 Å². The van der Waals surface area contributed by atoms with Crippen LogP contribution < -0.4 is 5.32 Å². The Morgan fingerprint density at radius 3 is 2.82 bits per heavy atom. The molecule has 0 bridgehead atoms. The van der Waals surface area contributed by atoms with Crippen molar-refractivity contribution in [3.05, 3.63) is 18.2 Å². The molecule has 1 atom stereocenters. The van der Waals surface area contributed by atoms with Crippen molar-refractivity contribution in [2.24, 2.45) is 7.05 Å². The minimum atomic E-state index is -1.02. The molecule has 0 saturated carbocycles. The first-order valence-corrected chi connectivity index (χ1v) is 6.19. The number of thioether (sulfide) groups is 1. The van der Waals surface area contributed by atoms with Gasteiger partial charge in [0.15, 0.2) is 0 Å². The van der Waals surface area contributed by atoms with Crippen LogP contribution in [0.1, 0.15) is 12.6 Å². The molecule has 0 aliphatic carbocycles. The highest BCUT2D eigenvalue weighted by atomic mass is 32.2. The number of aromatic nitrogens is 2. The molecule has 1 rings (SSSR count). The average Bonchev–Trinajstić information content (AvgIpc) is 2.62. The fourth-order valence-corrected chi connectivity index (χ4v) is 2.29. The van der Waals surface area contributed by atoms with E-state index in [4.69, 9.17) is 5.11 Å². The molecule has 1 amide bonds. The molecule has 6 nitrogen and oxygen atoms in total. The van der Waals surface area contributed by atoms with Gasteiger partial charge in [0.05, 0.1) is 6.33 Å². The molecule has 0 radical (unpaired) electrons. The predicted molar refractivity (Wildman–Crippen MR) is 64.6 cm³/mol. The summed E-state index contributed by atoms with van der Waals surface area (Å²) in [6, 6.07) is -0.842. The van der Waals surface area contributed by atoms with Gasteiger partial charge >= 0.3 is 5.97 Å². The quantitative estimate of drug-likeness (QED) is 0.762. The largest absolute Gasteiger partial charge is 0.480 e. The van der Waals surface area contributed by atoms with Gasteiger partial charge in [0, 0.05) is 37.4 Å². The van der Waals surface area contributed by atoms with E-state index in [1.54, 1.807) is 12.5 Å². The number of carboxylic acid groups (broad SMARTS) is 1. The molecule has 1 aromatic rings. The van der Waals surface area contributed by atoms with Crippen LogP contribution in [0.15, 0.2) is 12.5 Å². The summed E-state index contributed by atoms with van der Waals surface area (Å²) in [4.78, 5) is 25.6. The second-order valence-electron chi connectivity index (χ2n) is 3.60. The molecule has 0 aliphatic heterocycles. The van der Waals surface area contributed by atoms with Gasteiger partial charge in [0.1, 0.15) is 6.04 Å². The van der Waals surface area contributed by atoms with Crippen LogP contribution in [0, 0.1) is 0 Å². The summed E-state index contributed by atoms with van der Waals surface area (Å²) >= 11 is 1.45. The molecular formula is C10H15N3O3S. The van der Waals surface area contributed by atoms with Crippen molar-refractivity contribution in [1.82, 2.24) is 14.9 Å². The molecule has 1 heterocycles. The van der Waals surface area contributed by atoms with Crippen LogP contribution in [0.2, 0.25) is 0 Å². The second-order valence-corrected chi connectivity index (χ2v) is 4.63. The van der Waals surface area contributed by atoms with Gasteiger partial charge in [-0.2, -0.15) is 11.8 Å². The van der Waals surface area contributed by atoms with Gasteiger partial charge < -0.3 is 15.0 Å². The summed E-state index contributed by atoms with van der Waals surface area (Å²) in [5.41, 5.74) is 1.02. The van der Waals surface area contributed by atoms with Crippen LogP contribution in [0.4, 0.5) is 0 Å². The molecule has 1 unspecified atom stereocenters. The molecule has 7 heteroatoms. The van der Waals surface area contributed by atoms with E-state index in [2.05, 4.69) is 10.3 Å². The number of aryl methyl sites for hydroxylation is 1. The zero-order valence-corrected chi connectivity index (χ0v) is 10.5. The van der Waals surface area contributed by atoms with Gasteiger partial charge in [0.2, 0.25) is 5.91 Å². The Hall–Kier alpha value is -1.50. The number of hydrogen-bond acceptors (Lipinski definition) is 4. The summed E-state index contributed by atoms with van der Waals surface area (Å²) in [6.07, 6.45) is 3.43. The molecule has 0 fully saturated rings. The predicted octanol–water partition coefficient (Wildman–Crippen LogP) is 0.243. The van der Waals surface area contributed by atoms with E-state index in [1.165, 1.54) is 18.7 Å². The lowest BCUT2D eigenvalue weighted by Crippen LogP contribution is -2.41. The van der Waals surface area contributed by atoms with Gasteiger partial charge in [-0.15, -0.1) is 0 Å². The Bertz CT molecular complexity index is 405. The third-order valence-corrected chi connectivity index (χ3v) is 3.20. The van der Waals surface area contributed by atoms with E-state index in [9.17, 15) is 9.59 Å². The smallest absolute Gasteiger partial charge is 0.327 e. The highest BCUT2D eigenvalue weighted by Crippen LogP contribution is 2.12. The molecule has 94 valence electrons. The molecule has 0 saturated heterocycles. The average molecular weight is 257 g/mol. The summed E-state index contributed by atoms with van der Waals surface area (Å²) in [5, 5.41) is 11.3. The van der Waals surface area contributed by atoms with Crippen LogP contribution in [0.5, 0.6) is 0 Å². The van der Waals surface area contributed by atoms with E-state index in [0.717, 1.165) is 5.69 Å². The summed E-state index contributed by atoms with van der Waals surface area (Å²) < 4.78 is 1.88. The number of nitrogens with zero attached hydrogens (tertiary/aromatic N) is 2. The van der Waals surface area contributed by atoms with Crippen molar-refractivity contribution >= 4 is 23.6 Å². The van der Waals surface area contributed by atoms with E-state index in [-0.39, 0.29) is 5.91 Å². The number of imidazole rings is 1. The van der Waals surface area contributed by atoms with Crippen molar-refractivity contribution < 1.29 is 14.7 Å². The summed E-state index contributed by atoms with van der Waals surface area (Å²) in [6.45, 7) is 1.31. The first-order chi connectivity index (χ1) is 8.00. The topological polar surface area (TPSA) is 84.2 Å². The lowest BCUT2D eigenvalue weighted by molar-refractivity contribution is -0.140. The van der Waals surface area contributed by atoms with Gasteiger partial charge in [0.25, 0.3) is 0 Å². The van der Waals surface area contributed by atoms with Crippen LogP contribution in [-0.4, -0.2) is 38.3 Å². The Morgan fingerprint density at radius 2 is 2.35 bits per heavy atom. The van der Waals surface area contributed by atoms with E-state index < -0.39 is 12.0 Å². The van der Waals surface area contributed by atoms with Crippen molar-refractivity contribution in [3.63, 3.8) is 0 Å². The Balaban J connectivity index is 2.40. The monoisotopic (exact) mass is 257 g/mol. The zero-order chi connectivity index (χ0) is 12.8. The number of rotatable bonds is 6. The van der Waals surface area contributed by atoms with Crippen molar-refractivity contribution in [1.29, 1.82) is 0 Å². The molecule has 0 aliphatic rings. The first-order valence-electron chi connectivity index (χ1n) is 5.03. The molecule has 1 aromatic heterocycles. The van der Waals surface area contributed by atoms with E-state index in [1.807, 2.05) is 11.6 Å². The molecule has 0 spiro atoms. The number of carbonyl (C=O) groups is 2. The highest BCUT2D eigenvalue weighted by Gasteiger charge is 2.18. The number of aliphatic carboxylic acids is 1. The Kier molecular flexibility index (Phi) is 5.02. The SMILES string of the molecule is CC(=O)NC(CSCc1cncn1C)C(=O)O. The molecule has 2 N–H and O–H groups in total. The standard InChI is InChI=1S/C10H15N3O3S/c1-7(14)12-9(10(15)16)5-17-4-8-3-11-6-13(8)2/h3,6,9H,4-5H2,1-2H3,(H,12,14)(H,15,16). The fraction of sp³-hybridized carbons (Fsp3) is 0.500. The maximum absolute atomic E-state index is 10.8. The maximum atomic E-state index is 10.8. The Labute approximate surface area is 103 Å². The van der Waals surface area contributed by atoms with Gasteiger partial charge in [-0.1, -0.05) is 0 Å². The van der Waals surface area contributed by atoms with Gasteiger partial charge in [-0.3, -0.25) is 4.79 Å². The lowest BCUT2D eigenvalue weighted by Gasteiger charge is -2.12. The van der Waals surface area contributed by atoms with Gasteiger partial charge in [-0.05, 0) is 0 Å². The third kappa shape index (κ3) is 4.48. The normalized spacial score (nSPS) is 12.1. The highest BCUT2D eigenvalue weighted by molar-refractivity contribution is 7.98. The summed E-state index contributed by atoms with van der Waals surface area (Å²) in [7, 11) is 1.88. The lowest BCUT2D eigenvalue weighted by atomic mass is 10.3. The fourth-order valence-electron chi connectivity index (χ4n) is 1.23. The van der Waals surface area contributed by atoms with Crippen molar-refractivity contribution in [2.75, 3.05) is 5.75 Å². The molecule has 0 aromatic carbocycles. The minimum Gasteiger partial charge on any atom is -0.480 e. The number of hydrogen-bond donors (Lipinski definition) is 2. The van der Waals surface area contributed by atoms with Crippen molar-refractivity contribution in [3.8, 4) is 0 Å². The number of amides is 1. The second kappa shape index (κ2) is 6.29. The number of carbonyl (C=O) groups excluding carboxylic acids is 1. The first kappa shape index (κ1) is 13.6. The Morgan fingerprint density at radius 1 is 1.65 bits per heavy atom. The molecule has 17 heavy (non-hydrogen) atoms.